The zero-order valence-corrected chi connectivity index (χ0v) is 13.8. The van der Waals surface area contributed by atoms with Crippen LogP contribution >= 0.6 is 11.8 Å². The van der Waals surface area contributed by atoms with E-state index in [-0.39, 0.29) is 11.7 Å². The number of ether oxygens (including phenoxy) is 1. The molecule has 2 N–H and O–H groups in total. The molecule has 4 nitrogen and oxygen atoms in total. The van der Waals surface area contributed by atoms with Gasteiger partial charge in [-0.25, -0.2) is 0 Å². The quantitative estimate of drug-likeness (QED) is 0.899. The van der Waals surface area contributed by atoms with Crippen molar-refractivity contribution in [2.75, 3.05) is 18.1 Å². The molecule has 1 spiro atoms. The third-order valence-corrected chi connectivity index (χ3v) is 5.38. The van der Waals surface area contributed by atoms with E-state index in [2.05, 4.69) is 5.32 Å². The molecule has 1 amide bonds. The lowest BCUT2D eigenvalue weighted by atomic mass is 9.89. The SMILES string of the molecule is CCOc1ccc(C2=C(O)C3(CCSCC3)NC2=O)c(C)c1. The van der Waals surface area contributed by atoms with Crippen LogP contribution in [-0.4, -0.2) is 34.7 Å². The molecule has 0 atom stereocenters. The van der Waals surface area contributed by atoms with E-state index in [1.165, 1.54) is 0 Å². The molecule has 1 fully saturated rings. The van der Waals surface area contributed by atoms with Gasteiger partial charge in [-0.05, 0) is 61.5 Å². The Morgan fingerprint density at radius 1 is 1.36 bits per heavy atom. The molecule has 0 radical (unpaired) electrons. The topological polar surface area (TPSA) is 58.6 Å². The summed E-state index contributed by atoms with van der Waals surface area (Å²) in [7, 11) is 0. The number of carbonyl (C=O) groups excluding carboxylic acids is 1. The van der Waals surface area contributed by atoms with Crippen LogP contribution in [0.3, 0.4) is 0 Å². The summed E-state index contributed by atoms with van der Waals surface area (Å²) in [5.41, 5.74) is 1.59. The number of hydrogen-bond acceptors (Lipinski definition) is 4. The maximum atomic E-state index is 12.5. The molecule has 0 aromatic heterocycles. The van der Waals surface area contributed by atoms with Crippen molar-refractivity contribution in [3.8, 4) is 5.75 Å². The van der Waals surface area contributed by atoms with E-state index in [0.29, 0.717) is 12.2 Å². The molecule has 5 heteroatoms. The second kappa shape index (κ2) is 5.88. The van der Waals surface area contributed by atoms with Crippen molar-refractivity contribution < 1.29 is 14.6 Å². The number of hydrogen-bond donors (Lipinski definition) is 2. The summed E-state index contributed by atoms with van der Waals surface area (Å²) in [6, 6.07) is 5.62. The maximum Gasteiger partial charge on any atom is 0.256 e. The summed E-state index contributed by atoms with van der Waals surface area (Å²) in [5.74, 6) is 2.74. The van der Waals surface area contributed by atoms with Gasteiger partial charge < -0.3 is 15.2 Å². The van der Waals surface area contributed by atoms with Crippen LogP contribution in [0.4, 0.5) is 0 Å². The molecule has 0 aliphatic carbocycles. The standard InChI is InChI=1S/C17H21NO3S/c1-3-21-12-4-5-13(11(2)10-12)14-15(19)17(18-16(14)20)6-8-22-9-7-17/h4-5,10,19H,3,6-9H2,1-2H3,(H,18,20). The second-order valence-electron chi connectivity index (χ2n) is 5.78. The van der Waals surface area contributed by atoms with Crippen molar-refractivity contribution in [1.82, 2.24) is 5.32 Å². The molecule has 1 aromatic carbocycles. The van der Waals surface area contributed by atoms with Crippen LogP contribution in [-0.2, 0) is 4.79 Å². The van der Waals surface area contributed by atoms with Crippen LogP contribution in [0.1, 0.15) is 30.9 Å². The smallest absolute Gasteiger partial charge is 0.256 e. The Morgan fingerprint density at radius 3 is 2.73 bits per heavy atom. The van der Waals surface area contributed by atoms with Gasteiger partial charge in [0.2, 0.25) is 0 Å². The van der Waals surface area contributed by atoms with Crippen LogP contribution in [0, 0.1) is 6.92 Å². The van der Waals surface area contributed by atoms with Crippen molar-refractivity contribution in [3.63, 3.8) is 0 Å². The summed E-state index contributed by atoms with van der Waals surface area (Å²) in [6.07, 6.45) is 1.57. The molecule has 1 aromatic rings. The molecular formula is C17H21NO3S. The molecule has 0 bridgehead atoms. The number of benzene rings is 1. The number of aliphatic hydroxyl groups is 1. The van der Waals surface area contributed by atoms with Crippen molar-refractivity contribution >= 4 is 23.2 Å². The minimum absolute atomic E-state index is 0.170. The van der Waals surface area contributed by atoms with Gasteiger partial charge >= 0.3 is 0 Å². The lowest BCUT2D eigenvalue weighted by Crippen LogP contribution is -2.47. The van der Waals surface area contributed by atoms with Gasteiger partial charge in [0.05, 0.1) is 17.7 Å². The van der Waals surface area contributed by atoms with Crippen molar-refractivity contribution in [2.45, 2.75) is 32.2 Å². The monoisotopic (exact) mass is 319 g/mol. The maximum absolute atomic E-state index is 12.5. The van der Waals surface area contributed by atoms with Gasteiger partial charge in [-0.2, -0.15) is 11.8 Å². The Balaban J connectivity index is 2.01. The van der Waals surface area contributed by atoms with Gasteiger partial charge in [0.25, 0.3) is 5.91 Å². The van der Waals surface area contributed by atoms with Crippen LogP contribution < -0.4 is 10.1 Å². The predicted molar refractivity (Wildman–Crippen MR) is 89.3 cm³/mol. The van der Waals surface area contributed by atoms with E-state index in [1.54, 1.807) is 0 Å². The number of thioether (sulfide) groups is 1. The molecule has 2 aliphatic rings. The van der Waals surface area contributed by atoms with E-state index >= 15 is 0 Å². The summed E-state index contributed by atoms with van der Waals surface area (Å²) >= 11 is 1.87. The fourth-order valence-corrected chi connectivity index (χ4v) is 4.38. The van der Waals surface area contributed by atoms with Crippen LogP contribution in [0.5, 0.6) is 5.75 Å². The second-order valence-corrected chi connectivity index (χ2v) is 7.01. The first-order valence-electron chi connectivity index (χ1n) is 7.65. The summed E-state index contributed by atoms with van der Waals surface area (Å²) in [6.45, 7) is 4.48. The van der Waals surface area contributed by atoms with Gasteiger partial charge in [0, 0.05) is 0 Å². The third kappa shape index (κ3) is 2.47. The van der Waals surface area contributed by atoms with E-state index in [0.717, 1.165) is 41.2 Å². The molecule has 0 unspecified atom stereocenters. The lowest BCUT2D eigenvalue weighted by Gasteiger charge is -2.33. The van der Waals surface area contributed by atoms with E-state index in [4.69, 9.17) is 4.74 Å². The van der Waals surface area contributed by atoms with Gasteiger partial charge in [-0.15, -0.1) is 0 Å². The van der Waals surface area contributed by atoms with Crippen LogP contribution in [0.15, 0.2) is 24.0 Å². The van der Waals surface area contributed by atoms with E-state index in [1.807, 2.05) is 43.8 Å². The average molecular weight is 319 g/mol. The zero-order chi connectivity index (χ0) is 15.7. The minimum atomic E-state index is -0.553. The Hall–Kier alpha value is -1.62. The molecule has 118 valence electrons. The normalized spacial score (nSPS) is 20.4. The number of aliphatic hydroxyl groups excluding tert-OH is 1. The Bertz CT molecular complexity index is 633. The Labute approximate surface area is 134 Å². The number of carbonyl (C=O) groups is 1. The third-order valence-electron chi connectivity index (χ3n) is 4.39. The highest BCUT2D eigenvalue weighted by Gasteiger charge is 2.46. The number of aryl methyl sites for hydroxylation is 1. The average Bonchev–Trinajstić information content (AvgIpc) is 2.72. The van der Waals surface area contributed by atoms with Crippen molar-refractivity contribution in [3.05, 3.63) is 35.1 Å². The molecule has 1 saturated heterocycles. The first-order chi connectivity index (χ1) is 10.6. The molecule has 22 heavy (non-hydrogen) atoms. The fourth-order valence-electron chi connectivity index (χ4n) is 3.19. The Morgan fingerprint density at radius 2 is 2.09 bits per heavy atom. The van der Waals surface area contributed by atoms with E-state index in [9.17, 15) is 9.90 Å². The first kappa shape index (κ1) is 15.3. The highest BCUT2D eigenvalue weighted by atomic mass is 32.2. The molecule has 0 saturated carbocycles. The fraction of sp³-hybridized carbons (Fsp3) is 0.471. The van der Waals surface area contributed by atoms with Gasteiger partial charge in [0.1, 0.15) is 11.5 Å². The molecule has 2 heterocycles. The van der Waals surface area contributed by atoms with Gasteiger partial charge in [-0.1, -0.05) is 6.07 Å². The number of amides is 1. The minimum Gasteiger partial charge on any atom is -0.509 e. The number of nitrogens with one attached hydrogen (secondary N) is 1. The lowest BCUT2D eigenvalue weighted by molar-refractivity contribution is -0.116. The highest BCUT2D eigenvalue weighted by Crippen LogP contribution is 2.41. The number of rotatable bonds is 3. The predicted octanol–water partition coefficient (Wildman–Crippen LogP) is 3.06. The largest absolute Gasteiger partial charge is 0.509 e. The van der Waals surface area contributed by atoms with Gasteiger partial charge in [0.15, 0.2) is 0 Å². The molecular weight excluding hydrogens is 298 g/mol. The van der Waals surface area contributed by atoms with Crippen molar-refractivity contribution in [2.24, 2.45) is 0 Å². The van der Waals surface area contributed by atoms with Crippen LogP contribution in [0.25, 0.3) is 5.57 Å². The van der Waals surface area contributed by atoms with Gasteiger partial charge in [-0.3, -0.25) is 4.79 Å². The summed E-state index contributed by atoms with van der Waals surface area (Å²) in [5, 5.41) is 13.8. The summed E-state index contributed by atoms with van der Waals surface area (Å²) < 4.78 is 5.49. The molecule has 3 rings (SSSR count). The first-order valence-corrected chi connectivity index (χ1v) is 8.80. The van der Waals surface area contributed by atoms with E-state index < -0.39 is 5.54 Å². The van der Waals surface area contributed by atoms with Crippen LogP contribution in [0.2, 0.25) is 0 Å². The zero-order valence-electron chi connectivity index (χ0n) is 12.9. The highest BCUT2D eigenvalue weighted by molar-refractivity contribution is 7.99. The molecule has 2 aliphatic heterocycles. The summed E-state index contributed by atoms with van der Waals surface area (Å²) in [4.78, 5) is 12.5. The Kier molecular flexibility index (Phi) is 4.08. The van der Waals surface area contributed by atoms with Crippen molar-refractivity contribution in [1.29, 1.82) is 0 Å².